The van der Waals surface area contributed by atoms with Crippen LogP contribution in [0.25, 0.3) is 0 Å². The van der Waals surface area contributed by atoms with Crippen LogP contribution in [0.5, 0.6) is 0 Å². The van der Waals surface area contributed by atoms with Gasteiger partial charge in [-0.15, -0.1) is 0 Å². The van der Waals surface area contributed by atoms with Crippen molar-refractivity contribution in [3.63, 3.8) is 0 Å². The second-order valence-electron chi connectivity index (χ2n) is 2.41. The van der Waals surface area contributed by atoms with Crippen molar-refractivity contribution in [1.82, 2.24) is 0 Å². The van der Waals surface area contributed by atoms with Crippen LogP contribution in [0.3, 0.4) is 0 Å². The number of hydrogen-bond donors (Lipinski definition) is 0. The summed E-state index contributed by atoms with van der Waals surface area (Å²) in [7, 11) is 0. The van der Waals surface area contributed by atoms with Crippen LogP contribution in [0, 0.1) is 16.0 Å². The number of hydrogen-bond acceptors (Lipinski definition) is 3. The SMILES string of the molecule is CC(CC=O)C(C)[N+](=O)[O-]. The van der Waals surface area contributed by atoms with E-state index in [4.69, 9.17) is 0 Å². The van der Waals surface area contributed by atoms with Crippen LogP contribution in [0.1, 0.15) is 20.3 Å². The first-order valence-electron chi connectivity index (χ1n) is 3.16. The van der Waals surface area contributed by atoms with E-state index in [2.05, 4.69) is 0 Å². The van der Waals surface area contributed by atoms with Crippen molar-refractivity contribution in [2.75, 3.05) is 0 Å². The predicted octanol–water partition coefficient (Wildman–Crippen LogP) is 0.877. The minimum atomic E-state index is -0.620. The van der Waals surface area contributed by atoms with Gasteiger partial charge in [-0.3, -0.25) is 10.1 Å². The molecule has 0 aliphatic heterocycles. The summed E-state index contributed by atoms with van der Waals surface area (Å²) in [6.07, 6.45) is 0.979. The van der Waals surface area contributed by atoms with E-state index < -0.39 is 6.04 Å². The standard InChI is InChI=1S/C6H11NO3/c1-5(3-4-8)6(2)7(9)10/h4-6H,3H2,1-2H3. The fraction of sp³-hybridized carbons (Fsp3) is 0.833. The summed E-state index contributed by atoms with van der Waals surface area (Å²) < 4.78 is 0. The van der Waals surface area contributed by atoms with Crippen LogP contribution in [-0.4, -0.2) is 17.3 Å². The van der Waals surface area contributed by atoms with Crippen molar-refractivity contribution < 1.29 is 9.72 Å². The Kier molecular flexibility index (Phi) is 3.61. The van der Waals surface area contributed by atoms with Crippen LogP contribution >= 0.6 is 0 Å². The third-order valence-corrected chi connectivity index (χ3v) is 1.62. The number of carbonyl (C=O) groups excluding carboxylic acids is 1. The molecular weight excluding hydrogens is 134 g/mol. The molecule has 2 unspecified atom stereocenters. The molecule has 0 heterocycles. The molecule has 0 aromatic carbocycles. The van der Waals surface area contributed by atoms with E-state index in [-0.39, 0.29) is 17.3 Å². The van der Waals surface area contributed by atoms with E-state index >= 15 is 0 Å². The van der Waals surface area contributed by atoms with Crippen molar-refractivity contribution in [3.05, 3.63) is 10.1 Å². The van der Waals surface area contributed by atoms with E-state index in [9.17, 15) is 14.9 Å². The molecule has 0 aromatic rings. The Hall–Kier alpha value is -0.930. The summed E-state index contributed by atoms with van der Waals surface area (Å²) in [4.78, 5) is 19.7. The van der Waals surface area contributed by atoms with Crippen molar-refractivity contribution >= 4 is 6.29 Å². The fourth-order valence-corrected chi connectivity index (χ4v) is 0.557. The fourth-order valence-electron chi connectivity index (χ4n) is 0.557. The van der Waals surface area contributed by atoms with Crippen LogP contribution in [0.4, 0.5) is 0 Å². The van der Waals surface area contributed by atoms with Crippen LogP contribution in [0.2, 0.25) is 0 Å². The van der Waals surface area contributed by atoms with Gasteiger partial charge < -0.3 is 4.79 Å². The second kappa shape index (κ2) is 3.98. The first-order chi connectivity index (χ1) is 4.59. The first-order valence-corrected chi connectivity index (χ1v) is 3.16. The van der Waals surface area contributed by atoms with Crippen LogP contribution in [0.15, 0.2) is 0 Å². The third kappa shape index (κ3) is 2.57. The summed E-state index contributed by atoms with van der Waals surface area (Å²) in [5, 5.41) is 10.1. The molecule has 58 valence electrons. The lowest BCUT2D eigenvalue weighted by atomic mass is 10.0. The zero-order valence-corrected chi connectivity index (χ0v) is 6.11. The molecule has 2 atom stereocenters. The van der Waals surface area contributed by atoms with Gasteiger partial charge in [0.15, 0.2) is 0 Å². The smallest absolute Gasteiger partial charge is 0.213 e. The van der Waals surface area contributed by atoms with Gasteiger partial charge in [-0.05, 0) is 0 Å². The van der Waals surface area contributed by atoms with Gasteiger partial charge in [0.25, 0.3) is 0 Å². The van der Waals surface area contributed by atoms with Gasteiger partial charge in [0.05, 0.1) is 0 Å². The molecule has 4 heteroatoms. The molecule has 0 aromatic heterocycles. The first kappa shape index (κ1) is 9.07. The molecule has 0 N–H and O–H groups in total. The zero-order valence-electron chi connectivity index (χ0n) is 6.11. The van der Waals surface area contributed by atoms with E-state index in [1.165, 1.54) is 6.92 Å². The summed E-state index contributed by atoms with van der Waals surface area (Å²) in [6.45, 7) is 3.20. The molecule has 0 aliphatic rings. The van der Waals surface area contributed by atoms with Crippen molar-refractivity contribution in [2.45, 2.75) is 26.3 Å². The molecule has 0 radical (unpaired) electrons. The van der Waals surface area contributed by atoms with Crippen molar-refractivity contribution in [2.24, 2.45) is 5.92 Å². The van der Waals surface area contributed by atoms with E-state index in [1.807, 2.05) is 0 Å². The summed E-state index contributed by atoms with van der Waals surface area (Å²) >= 11 is 0. The van der Waals surface area contributed by atoms with Gasteiger partial charge in [0.1, 0.15) is 6.29 Å². The van der Waals surface area contributed by atoms with Crippen molar-refractivity contribution in [3.8, 4) is 0 Å². The van der Waals surface area contributed by atoms with Crippen molar-refractivity contribution in [1.29, 1.82) is 0 Å². The molecule has 0 saturated carbocycles. The number of aldehydes is 1. The molecule has 4 nitrogen and oxygen atoms in total. The average molecular weight is 145 g/mol. The van der Waals surface area contributed by atoms with E-state index in [1.54, 1.807) is 6.92 Å². The van der Waals surface area contributed by atoms with Gasteiger partial charge in [-0.2, -0.15) is 0 Å². The molecule has 0 fully saturated rings. The molecule has 0 saturated heterocycles. The Morgan fingerprint density at radius 2 is 2.10 bits per heavy atom. The maximum absolute atomic E-state index is 10.1. The normalized spacial score (nSPS) is 15.8. The van der Waals surface area contributed by atoms with Gasteiger partial charge in [-0.1, -0.05) is 6.92 Å². The molecule has 0 amide bonds. The second-order valence-corrected chi connectivity index (χ2v) is 2.41. The Bertz CT molecular complexity index is 135. The molecular formula is C6H11NO3. The lowest BCUT2D eigenvalue weighted by Gasteiger charge is -2.08. The molecule has 0 spiro atoms. The highest BCUT2D eigenvalue weighted by Crippen LogP contribution is 2.07. The minimum absolute atomic E-state index is 0.160. The Morgan fingerprint density at radius 1 is 1.60 bits per heavy atom. The number of nitrogens with zero attached hydrogens (tertiary/aromatic N) is 1. The zero-order chi connectivity index (χ0) is 8.15. The third-order valence-electron chi connectivity index (χ3n) is 1.62. The lowest BCUT2D eigenvalue weighted by molar-refractivity contribution is -0.526. The van der Waals surface area contributed by atoms with Gasteiger partial charge in [0, 0.05) is 24.2 Å². The number of nitro groups is 1. The summed E-state index contributed by atoms with van der Waals surface area (Å²) in [5.74, 6) is -0.160. The largest absolute Gasteiger partial charge is 0.303 e. The summed E-state index contributed by atoms with van der Waals surface area (Å²) in [5.41, 5.74) is 0. The predicted molar refractivity (Wildman–Crippen MR) is 36.3 cm³/mol. The highest BCUT2D eigenvalue weighted by molar-refractivity contribution is 5.49. The Labute approximate surface area is 59.4 Å². The van der Waals surface area contributed by atoms with Gasteiger partial charge in [-0.25, -0.2) is 0 Å². The number of rotatable bonds is 4. The van der Waals surface area contributed by atoms with Crippen LogP contribution in [-0.2, 0) is 4.79 Å². The quantitative estimate of drug-likeness (QED) is 0.335. The van der Waals surface area contributed by atoms with Crippen LogP contribution < -0.4 is 0 Å². The highest BCUT2D eigenvalue weighted by atomic mass is 16.6. The van der Waals surface area contributed by atoms with E-state index in [0.29, 0.717) is 6.29 Å². The maximum Gasteiger partial charge on any atom is 0.213 e. The van der Waals surface area contributed by atoms with E-state index in [0.717, 1.165) is 0 Å². The average Bonchev–Trinajstić information content (AvgIpc) is 1.87. The monoisotopic (exact) mass is 145 g/mol. The highest BCUT2D eigenvalue weighted by Gasteiger charge is 2.20. The molecule has 0 aliphatic carbocycles. The molecule has 0 rings (SSSR count). The van der Waals surface area contributed by atoms with Gasteiger partial charge >= 0.3 is 0 Å². The Balaban J connectivity index is 3.80. The Morgan fingerprint density at radius 3 is 2.40 bits per heavy atom. The van der Waals surface area contributed by atoms with Gasteiger partial charge in [0.2, 0.25) is 6.04 Å². The lowest BCUT2D eigenvalue weighted by Crippen LogP contribution is -2.23. The topological polar surface area (TPSA) is 60.2 Å². The molecule has 0 bridgehead atoms. The number of carbonyl (C=O) groups is 1. The maximum atomic E-state index is 10.1. The summed E-state index contributed by atoms with van der Waals surface area (Å²) in [6, 6.07) is -0.620. The minimum Gasteiger partial charge on any atom is -0.303 e. The molecule has 10 heavy (non-hydrogen) atoms.